The quantitative estimate of drug-likeness (QED) is 0.808. The molecular formula is C15H27N3O2. The Morgan fingerprint density at radius 3 is 3.00 bits per heavy atom. The van der Waals surface area contributed by atoms with E-state index < -0.39 is 0 Å². The highest BCUT2D eigenvalue weighted by atomic mass is 16.5. The van der Waals surface area contributed by atoms with Gasteiger partial charge in [-0.1, -0.05) is 0 Å². The van der Waals surface area contributed by atoms with Crippen LogP contribution >= 0.6 is 0 Å². The summed E-state index contributed by atoms with van der Waals surface area (Å²) in [5.41, 5.74) is -0.330. The Labute approximate surface area is 121 Å². The molecule has 0 aromatic heterocycles. The van der Waals surface area contributed by atoms with E-state index in [0.29, 0.717) is 24.6 Å². The Morgan fingerprint density at radius 2 is 2.30 bits per heavy atom. The van der Waals surface area contributed by atoms with Crippen LogP contribution in [0.5, 0.6) is 0 Å². The zero-order valence-corrected chi connectivity index (χ0v) is 12.7. The van der Waals surface area contributed by atoms with E-state index >= 15 is 0 Å². The van der Waals surface area contributed by atoms with Gasteiger partial charge < -0.3 is 15.0 Å². The summed E-state index contributed by atoms with van der Waals surface area (Å²) in [6, 6.07) is 0.912. The van der Waals surface area contributed by atoms with Crippen LogP contribution in [0.4, 0.5) is 0 Å². The van der Waals surface area contributed by atoms with Gasteiger partial charge in [-0.15, -0.1) is 0 Å². The van der Waals surface area contributed by atoms with Gasteiger partial charge in [0.2, 0.25) is 5.91 Å². The molecule has 0 radical (unpaired) electrons. The zero-order chi connectivity index (χ0) is 14.2. The number of methoxy groups -OCH3 is 1. The first-order valence-corrected chi connectivity index (χ1v) is 7.91. The first kappa shape index (κ1) is 14.3. The summed E-state index contributed by atoms with van der Waals surface area (Å²) >= 11 is 0. The number of fused-ring (bicyclic) bond motifs is 1. The minimum Gasteiger partial charge on any atom is -0.384 e. The molecule has 0 spiro atoms. The minimum absolute atomic E-state index is 0.309. The molecule has 1 amide bonds. The molecule has 3 fully saturated rings. The van der Waals surface area contributed by atoms with Gasteiger partial charge in [0, 0.05) is 38.8 Å². The Balaban J connectivity index is 1.75. The average molecular weight is 281 g/mol. The van der Waals surface area contributed by atoms with Crippen molar-refractivity contribution in [3.63, 3.8) is 0 Å². The molecule has 0 saturated carbocycles. The van der Waals surface area contributed by atoms with Gasteiger partial charge in [0.1, 0.15) is 0 Å². The second-order valence-corrected chi connectivity index (χ2v) is 6.74. The van der Waals surface area contributed by atoms with Crippen LogP contribution < -0.4 is 5.32 Å². The van der Waals surface area contributed by atoms with Crippen LogP contribution in [0.15, 0.2) is 0 Å². The first-order valence-electron chi connectivity index (χ1n) is 7.91. The van der Waals surface area contributed by atoms with Gasteiger partial charge in [0.15, 0.2) is 0 Å². The molecule has 3 unspecified atom stereocenters. The molecule has 3 saturated heterocycles. The van der Waals surface area contributed by atoms with Crippen molar-refractivity contribution in [2.75, 3.05) is 46.4 Å². The van der Waals surface area contributed by atoms with Crippen molar-refractivity contribution in [1.29, 1.82) is 0 Å². The summed E-state index contributed by atoms with van der Waals surface area (Å²) in [5.74, 6) is 0.309. The second kappa shape index (κ2) is 5.62. The van der Waals surface area contributed by atoms with E-state index in [9.17, 15) is 4.79 Å². The Bertz CT molecular complexity index is 368. The molecule has 3 aliphatic rings. The minimum atomic E-state index is -0.330. The molecule has 114 valence electrons. The first-order chi connectivity index (χ1) is 9.66. The van der Waals surface area contributed by atoms with Crippen LogP contribution in [0.2, 0.25) is 0 Å². The third-order valence-corrected chi connectivity index (χ3v) is 5.32. The maximum Gasteiger partial charge on any atom is 0.232 e. The molecule has 0 aromatic rings. The maximum atomic E-state index is 13.1. The summed E-state index contributed by atoms with van der Waals surface area (Å²) < 4.78 is 5.37. The lowest BCUT2D eigenvalue weighted by molar-refractivity contribution is -0.150. The fourth-order valence-corrected chi connectivity index (χ4v) is 4.16. The van der Waals surface area contributed by atoms with Crippen LogP contribution in [-0.2, 0) is 9.53 Å². The molecule has 5 heteroatoms. The smallest absolute Gasteiger partial charge is 0.232 e. The van der Waals surface area contributed by atoms with E-state index in [0.717, 1.165) is 32.6 Å². The number of nitrogens with zero attached hydrogens (tertiary/aromatic N) is 2. The molecule has 3 heterocycles. The highest BCUT2D eigenvalue weighted by molar-refractivity contribution is 5.84. The van der Waals surface area contributed by atoms with E-state index in [1.165, 1.54) is 19.4 Å². The molecular weight excluding hydrogens is 254 g/mol. The number of ether oxygens (including phenoxy) is 1. The molecule has 5 nitrogen and oxygen atoms in total. The van der Waals surface area contributed by atoms with Crippen molar-refractivity contribution in [2.45, 2.75) is 38.3 Å². The number of hydrogen-bond acceptors (Lipinski definition) is 4. The predicted octanol–water partition coefficient (Wildman–Crippen LogP) is 0.308. The monoisotopic (exact) mass is 281 g/mol. The van der Waals surface area contributed by atoms with Crippen LogP contribution in [0, 0.1) is 5.41 Å². The normalized spacial score (nSPS) is 38.2. The molecule has 0 aromatic carbocycles. The Hall–Kier alpha value is -0.650. The topological polar surface area (TPSA) is 44.8 Å². The highest BCUT2D eigenvalue weighted by Crippen LogP contribution is 2.32. The third kappa shape index (κ3) is 2.36. The predicted molar refractivity (Wildman–Crippen MR) is 77.6 cm³/mol. The fraction of sp³-hybridized carbons (Fsp3) is 0.933. The third-order valence-electron chi connectivity index (χ3n) is 5.32. The van der Waals surface area contributed by atoms with E-state index in [2.05, 4.69) is 22.0 Å². The summed E-state index contributed by atoms with van der Waals surface area (Å²) in [6.45, 7) is 7.57. The van der Waals surface area contributed by atoms with Crippen molar-refractivity contribution in [3.05, 3.63) is 0 Å². The van der Waals surface area contributed by atoms with Crippen LogP contribution in [0.1, 0.15) is 26.2 Å². The molecule has 0 aliphatic carbocycles. The molecule has 3 aliphatic heterocycles. The summed E-state index contributed by atoms with van der Waals surface area (Å²) in [4.78, 5) is 17.8. The largest absolute Gasteiger partial charge is 0.384 e. The van der Waals surface area contributed by atoms with E-state index in [1.807, 2.05) is 0 Å². The van der Waals surface area contributed by atoms with E-state index in [-0.39, 0.29) is 5.41 Å². The number of rotatable bonds is 3. The molecule has 3 atom stereocenters. The van der Waals surface area contributed by atoms with Crippen molar-refractivity contribution in [1.82, 2.24) is 15.1 Å². The van der Waals surface area contributed by atoms with Gasteiger partial charge in [-0.3, -0.25) is 9.69 Å². The summed E-state index contributed by atoms with van der Waals surface area (Å²) in [5, 5.41) is 3.34. The molecule has 0 bridgehead atoms. The summed E-state index contributed by atoms with van der Waals surface area (Å²) in [6.07, 6.45) is 3.42. The lowest BCUT2D eigenvalue weighted by Gasteiger charge is -2.45. The van der Waals surface area contributed by atoms with Crippen LogP contribution in [0.3, 0.4) is 0 Å². The molecule has 1 N–H and O–H groups in total. The van der Waals surface area contributed by atoms with Gasteiger partial charge in [-0.2, -0.15) is 0 Å². The van der Waals surface area contributed by atoms with Crippen molar-refractivity contribution in [2.24, 2.45) is 5.41 Å². The average Bonchev–Trinajstić information content (AvgIpc) is 3.06. The maximum absolute atomic E-state index is 13.1. The summed E-state index contributed by atoms with van der Waals surface area (Å²) in [7, 11) is 1.70. The standard InChI is InChI=1S/C15H27N3O2/c1-12-8-17-7-3-4-13(17)9-18(12)14(19)15(11-20-2)5-6-16-10-15/h12-13,16H,3-11H2,1-2H3. The van der Waals surface area contributed by atoms with Gasteiger partial charge in [-0.25, -0.2) is 0 Å². The Kier molecular flexibility index (Phi) is 4.02. The zero-order valence-electron chi connectivity index (χ0n) is 12.7. The lowest BCUT2D eigenvalue weighted by Crippen LogP contribution is -2.60. The molecule has 3 rings (SSSR count). The highest BCUT2D eigenvalue weighted by Gasteiger charge is 2.47. The van der Waals surface area contributed by atoms with Gasteiger partial charge in [0.05, 0.1) is 12.0 Å². The van der Waals surface area contributed by atoms with Crippen molar-refractivity contribution < 1.29 is 9.53 Å². The van der Waals surface area contributed by atoms with Gasteiger partial charge in [-0.05, 0) is 39.3 Å². The SMILES string of the molecule is COCC1(C(=O)N2CC3CCCN3CC2C)CCNC1. The molecule has 20 heavy (non-hydrogen) atoms. The van der Waals surface area contributed by atoms with Crippen LogP contribution in [0.25, 0.3) is 0 Å². The number of piperazine rings is 1. The number of nitrogens with one attached hydrogen (secondary N) is 1. The fourth-order valence-electron chi connectivity index (χ4n) is 4.16. The van der Waals surface area contributed by atoms with Gasteiger partial charge >= 0.3 is 0 Å². The van der Waals surface area contributed by atoms with E-state index in [1.54, 1.807) is 7.11 Å². The van der Waals surface area contributed by atoms with Crippen LogP contribution in [-0.4, -0.2) is 74.2 Å². The second-order valence-electron chi connectivity index (χ2n) is 6.74. The number of hydrogen-bond donors (Lipinski definition) is 1. The lowest BCUT2D eigenvalue weighted by atomic mass is 9.85. The number of carbonyl (C=O) groups excluding carboxylic acids is 1. The number of carbonyl (C=O) groups is 1. The van der Waals surface area contributed by atoms with Crippen molar-refractivity contribution >= 4 is 5.91 Å². The van der Waals surface area contributed by atoms with E-state index in [4.69, 9.17) is 4.74 Å². The van der Waals surface area contributed by atoms with Crippen molar-refractivity contribution in [3.8, 4) is 0 Å². The van der Waals surface area contributed by atoms with Gasteiger partial charge in [0.25, 0.3) is 0 Å². The number of amides is 1. The Morgan fingerprint density at radius 1 is 1.45 bits per heavy atom.